The van der Waals surface area contributed by atoms with Gasteiger partial charge in [0.15, 0.2) is 0 Å². The first-order chi connectivity index (χ1) is 18.1. The maximum Gasteiger partial charge on any atom is 0.407 e. The number of pyridine rings is 1. The summed E-state index contributed by atoms with van der Waals surface area (Å²) in [6.07, 6.45) is 3.63. The molecule has 1 aliphatic carbocycles. The van der Waals surface area contributed by atoms with Crippen molar-refractivity contribution in [2.24, 2.45) is 11.8 Å². The molecule has 2 aromatic rings. The molecule has 2 amide bonds. The number of piperidine rings is 1. The lowest BCUT2D eigenvalue weighted by atomic mass is 9.82. The number of carbonyl (C=O) groups is 2. The number of alkyl carbamates (subject to hydrolysis) is 1. The lowest BCUT2D eigenvalue weighted by Gasteiger charge is -2.45. The highest BCUT2D eigenvalue weighted by Crippen LogP contribution is 2.49. The van der Waals surface area contributed by atoms with Gasteiger partial charge in [-0.15, -0.1) is 0 Å². The number of fused-ring (bicyclic) bond motifs is 1. The molecule has 38 heavy (non-hydrogen) atoms. The zero-order chi connectivity index (χ0) is 27.0. The average molecular weight is 520 g/mol. The van der Waals surface area contributed by atoms with Gasteiger partial charge in [-0.1, -0.05) is 25.1 Å². The van der Waals surface area contributed by atoms with Gasteiger partial charge in [0.2, 0.25) is 5.91 Å². The van der Waals surface area contributed by atoms with Crippen molar-refractivity contribution in [3.63, 3.8) is 0 Å². The maximum absolute atomic E-state index is 12.9. The molecular formula is C30H41N5O3. The molecule has 1 aromatic carbocycles. The number of hydrogen-bond acceptors (Lipinski definition) is 6. The van der Waals surface area contributed by atoms with Gasteiger partial charge in [-0.3, -0.25) is 4.79 Å². The van der Waals surface area contributed by atoms with Crippen molar-refractivity contribution in [2.45, 2.75) is 84.0 Å². The van der Waals surface area contributed by atoms with Gasteiger partial charge in [0, 0.05) is 43.7 Å². The van der Waals surface area contributed by atoms with Crippen molar-refractivity contribution in [3.8, 4) is 0 Å². The van der Waals surface area contributed by atoms with Crippen LogP contribution in [0.2, 0.25) is 0 Å². The fourth-order valence-electron chi connectivity index (χ4n) is 6.01. The fourth-order valence-corrected chi connectivity index (χ4v) is 6.01. The van der Waals surface area contributed by atoms with E-state index in [1.165, 1.54) is 12.8 Å². The minimum atomic E-state index is -0.508. The number of aromatic nitrogens is 1. The van der Waals surface area contributed by atoms with Crippen LogP contribution >= 0.6 is 0 Å². The molecule has 1 unspecified atom stereocenters. The first kappa shape index (κ1) is 26.3. The normalized spacial score (nSPS) is 24.0. The Morgan fingerprint density at radius 1 is 1.00 bits per heavy atom. The third-order valence-corrected chi connectivity index (χ3v) is 7.88. The maximum atomic E-state index is 12.9. The van der Waals surface area contributed by atoms with Crippen molar-refractivity contribution < 1.29 is 14.3 Å². The Labute approximate surface area is 226 Å². The Balaban J connectivity index is 1.38. The van der Waals surface area contributed by atoms with Crippen LogP contribution in [0.1, 0.15) is 72.0 Å². The van der Waals surface area contributed by atoms with E-state index in [-0.39, 0.29) is 36.0 Å². The van der Waals surface area contributed by atoms with Crippen LogP contribution in [0.3, 0.4) is 0 Å². The number of amides is 2. The number of para-hydroxylation sites is 1. The molecule has 0 radical (unpaired) electrons. The molecular weight excluding hydrogens is 478 g/mol. The Morgan fingerprint density at radius 3 is 2.29 bits per heavy atom. The highest BCUT2D eigenvalue weighted by atomic mass is 16.6. The number of benzene rings is 1. The molecule has 2 N–H and O–H groups in total. The SMILES string of the molecule is CC(=O)N1c2ccc(N3CCC(NC(=O)OC(C)(C)C)CC3)nc2C(Nc2ccccc2)[C@@H](C)[C@@H]1C1CC1. The molecule has 2 aliphatic heterocycles. The van der Waals surface area contributed by atoms with Crippen molar-refractivity contribution in [1.29, 1.82) is 0 Å². The van der Waals surface area contributed by atoms with E-state index >= 15 is 0 Å². The highest BCUT2D eigenvalue weighted by molar-refractivity contribution is 5.94. The van der Waals surface area contributed by atoms with Crippen molar-refractivity contribution in [3.05, 3.63) is 48.2 Å². The molecule has 0 bridgehead atoms. The van der Waals surface area contributed by atoms with E-state index in [1.807, 2.05) is 43.9 Å². The summed E-state index contributed by atoms with van der Waals surface area (Å²) in [4.78, 5) is 34.6. The molecule has 3 aliphatic rings. The summed E-state index contributed by atoms with van der Waals surface area (Å²) < 4.78 is 5.43. The molecule has 3 heterocycles. The van der Waals surface area contributed by atoms with Gasteiger partial charge in [0.05, 0.1) is 17.4 Å². The summed E-state index contributed by atoms with van der Waals surface area (Å²) in [5, 5.41) is 6.77. The van der Waals surface area contributed by atoms with E-state index in [9.17, 15) is 9.59 Å². The third-order valence-electron chi connectivity index (χ3n) is 7.88. The Kier molecular flexibility index (Phi) is 7.25. The summed E-state index contributed by atoms with van der Waals surface area (Å²) in [6.45, 7) is 11.1. The summed E-state index contributed by atoms with van der Waals surface area (Å²) in [6, 6.07) is 14.7. The summed E-state index contributed by atoms with van der Waals surface area (Å²) in [5.74, 6) is 1.75. The number of hydrogen-bond donors (Lipinski definition) is 2. The number of nitrogens with zero attached hydrogens (tertiary/aromatic N) is 3. The first-order valence-electron chi connectivity index (χ1n) is 14.0. The topological polar surface area (TPSA) is 86.8 Å². The lowest BCUT2D eigenvalue weighted by Crippen LogP contribution is -2.51. The number of carbonyl (C=O) groups excluding carboxylic acids is 2. The summed E-state index contributed by atoms with van der Waals surface area (Å²) >= 11 is 0. The molecule has 1 aromatic heterocycles. The van der Waals surface area contributed by atoms with Crippen LogP contribution in [0.5, 0.6) is 0 Å². The highest BCUT2D eigenvalue weighted by Gasteiger charge is 2.48. The largest absolute Gasteiger partial charge is 0.444 e. The molecule has 2 fully saturated rings. The monoisotopic (exact) mass is 519 g/mol. The summed E-state index contributed by atoms with van der Waals surface area (Å²) in [5.41, 5.74) is 2.40. The summed E-state index contributed by atoms with van der Waals surface area (Å²) in [7, 11) is 0. The Hall–Kier alpha value is -3.29. The van der Waals surface area contributed by atoms with E-state index in [0.717, 1.165) is 48.8 Å². The first-order valence-corrected chi connectivity index (χ1v) is 14.0. The number of ether oxygens (including phenoxy) is 1. The second-order valence-corrected chi connectivity index (χ2v) is 12.0. The van der Waals surface area contributed by atoms with Gasteiger partial charge in [-0.25, -0.2) is 9.78 Å². The smallest absolute Gasteiger partial charge is 0.407 e. The van der Waals surface area contributed by atoms with Crippen LogP contribution < -0.4 is 20.4 Å². The molecule has 1 saturated heterocycles. The van der Waals surface area contributed by atoms with Gasteiger partial charge in [0.25, 0.3) is 0 Å². The molecule has 1 saturated carbocycles. The van der Waals surface area contributed by atoms with Crippen LogP contribution in [-0.2, 0) is 9.53 Å². The third kappa shape index (κ3) is 5.74. The standard InChI is InChI=1S/C30H41N5O3/c1-19-26(31-22-9-7-6-8-10-22)27-24(35(20(2)36)28(19)21-11-12-21)13-14-25(33-27)34-17-15-23(16-18-34)32-29(37)38-30(3,4)5/h6-10,13-14,19,21,23,26,28,31H,11-12,15-18H2,1-5H3,(H,32,37)/t19-,26?,28-/m1/s1. The van der Waals surface area contributed by atoms with Crippen LogP contribution in [0, 0.1) is 11.8 Å². The van der Waals surface area contributed by atoms with Crippen molar-refractivity contribution in [2.75, 3.05) is 28.2 Å². The van der Waals surface area contributed by atoms with Crippen LogP contribution in [0.25, 0.3) is 0 Å². The molecule has 8 heteroatoms. The lowest BCUT2D eigenvalue weighted by molar-refractivity contribution is -0.117. The van der Waals surface area contributed by atoms with Gasteiger partial charge in [0.1, 0.15) is 11.4 Å². The van der Waals surface area contributed by atoms with E-state index in [2.05, 4.69) is 46.7 Å². The number of rotatable bonds is 5. The molecule has 8 nitrogen and oxygen atoms in total. The van der Waals surface area contributed by atoms with Gasteiger partial charge >= 0.3 is 6.09 Å². The molecule has 3 atom stereocenters. The molecule has 204 valence electrons. The van der Waals surface area contributed by atoms with Crippen molar-refractivity contribution in [1.82, 2.24) is 10.3 Å². The predicted molar refractivity (Wildman–Crippen MR) is 150 cm³/mol. The average Bonchev–Trinajstić information content (AvgIpc) is 3.70. The zero-order valence-electron chi connectivity index (χ0n) is 23.2. The molecule has 5 rings (SSSR count). The Morgan fingerprint density at radius 2 is 1.68 bits per heavy atom. The number of nitrogens with one attached hydrogen (secondary N) is 2. The van der Waals surface area contributed by atoms with Gasteiger partial charge < -0.3 is 25.2 Å². The second-order valence-electron chi connectivity index (χ2n) is 12.0. The van der Waals surface area contributed by atoms with Crippen LogP contribution in [-0.4, -0.2) is 47.8 Å². The van der Waals surface area contributed by atoms with Crippen LogP contribution in [0.15, 0.2) is 42.5 Å². The van der Waals surface area contributed by atoms with Crippen molar-refractivity contribution >= 4 is 29.2 Å². The quantitative estimate of drug-likeness (QED) is 0.542. The molecule has 0 spiro atoms. The zero-order valence-corrected chi connectivity index (χ0v) is 23.2. The van der Waals surface area contributed by atoms with E-state index in [4.69, 9.17) is 9.72 Å². The van der Waals surface area contributed by atoms with Gasteiger partial charge in [-0.2, -0.15) is 0 Å². The second kappa shape index (κ2) is 10.5. The predicted octanol–water partition coefficient (Wildman–Crippen LogP) is 5.51. The van der Waals surface area contributed by atoms with Gasteiger partial charge in [-0.05, 0) is 76.6 Å². The number of anilines is 3. The minimum Gasteiger partial charge on any atom is -0.444 e. The minimum absolute atomic E-state index is 0.0000703. The van der Waals surface area contributed by atoms with E-state index < -0.39 is 5.60 Å². The fraction of sp³-hybridized carbons (Fsp3) is 0.567. The van der Waals surface area contributed by atoms with E-state index in [1.54, 1.807) is 6.92 Å². The Bertz CT molecular complexity index is 1150. The van der Waals surface area contributed by atoms with Crippen LogP contribution in [0.4, 0.5) is 22.0 Å². The van der Waals surface area contributed by atoms with E-state index in [0.29, 0.717) is 5.92 Å².